The van der Waals surface area contributed by atoms with Gasteiger partial charge in [0.15, 0.2) is 0 Å². The summed E-state index contributed by atoms with van der Waals surface area (Å²) in [5, 5.41) is 12.9. The zero-order valence-corrected chi connectivity index (χ0v) is 14.3. The van der Waals surface area contributed by atoms with E-state index in [9.17, 15) is 9.59 Å². The predicted molar refractivity (Wildman–Crippen MR) is 92.3 cm³/mol. The van der Waals surface area contributed by atoms with E-state index >= 15 is 0 Å². The van der Waals surface area contributed by atoms with E-state index in [1.165, 1.54) is 16.9 Å². The molecule has 5 nitrogen and oxygen atoms in total. The first-order chi connectivity index (χ1) is 11.5. The van der Waals surface area contributed by atoms with Gasteiger partial charge in [0.05, 0.1) is 16.6 Å². The van der Waals surface area contributed by atoms with Crippen molar-refractivity contribution < 1.29 is 14.7 Å². The van der Waals surface area contributed by atoms with Crippen LogP contribution in [0.3, 0.4) is 0 Å². The second kappa shape index (κ2) is 7.13. The Hall–Kier alpha value is -2.21. The number of hydrogen-bond donors (Lipinski definition) is 2. The zero-order valence-electron chi connectivity index (χ0n) is 13.5. The number of carbonyl (C=O) groups is 2. The van der Waals surface area contributed by atoms with Crippen LogP contribution in [0, 0.1) is 12.8 Å². The molecule has 126 valence electrons. The van der Waals surface area contributed by atoms with Gasteiger partial charge >= 0.3 is 5.97 Å². The maximum atomic E-state index is 12.5. The molecule has 0 bridgehead atoms. The smallest absolute Gasteiger partial charge is 0.306 e. The SMILES string of the molecule is Cc1nc(Cc2ccccc2)sc1C(=O)N[C@H]1CC[C@@H](C(=O)O)C1. The van der Waals surface area contributed by atoms with E-state index in [0.717, 1.165) is 17.1 Å². The summed E-state index contributed by atoms with van der Waals surface area (Å²) in [5.74, 6) is -1.25. The molecule has 1 aromatic carbocycles. The van der Waals surface area contributed by atoms with Crippen LogP contribution in [0.2, 0.25) is 0 Å². The van der Waals surface area contributed by atoms with Crippen molar-refractivity contribution in [2.24, 2.45) is 5.92 Å². The molecule has 6 heteroatoms. The van der Waals surface area contributed by atoms with Crippen molar-refractivity contribution in [3.63, 3.8) is 0 Å². The van der Waals surface area contributed by atoms with Crippen LogP contribution in [0.15, 0.2) is 30.3 Å². The molecule has 1 saturated carbocycles. The van der Waals surface area contributed by atoms with Gasteiger partial charge in [-0.2, -0.15) is 0 Å². The van der Waals surface area contributed by atoms with Crippen molar-refractivity contribution in [2.45, 2.75) is 38.6 Å². The fourth-order valence-electron chi connectivity index (χ4n) is 3.10. The Morgan fingerprint density at radius 3 is 2.71 bits per heavy atom. The quantitative estimate of drug-likeness (QED) is 0.874. The first kappa shape index (κ1) is 16.6. The van der Waals surface area contributed by atoms with Gasteiger partial charge in [0.1, 0.15) is 4.88 Å². The normalized spacial score (nSPS) is 20.0. The van der Waals surface area contributed by atoms with Crippen LogP contribution >= 0.6 is 11.3 Å². The summed E-state index contributed by atoms with van der Waals surface area (Å²) in [4.78, 5) is 28.6. The highest BCUT2D eigenvalue weighted by Crippen LogP contribution is 2.27. The number of amides is 1. The van der Waals surface area contributed by atoms with Gasteiger partial charge in [-0.15, -0.1) is 11.3 Å². The van der Waals surface area contributed by atoms with Gasteiger partial charge in [-0.1, -0.05) is 30.3 Å². The topological polar surface area (TPSA) is 79.3 Å². The van der Waals surface area contributed by atoms with Crippen molar-refractivity contribution in [1.82, 2.24) is 10.3 Å². The number of aryl methyl sites for hydroxylation is 1. The Balaban J connectivity index is 1.64. The Morgan fingerprint density at radius 2 is 2.04 bits per heavy atom. The molecular weight excluding hydrogens is 324 g/mol. The first-order valence-corrected chi connectivity index (χ1v) is 8.88. The maximum absolute atomic E-state index is 12.5. The van der Waals surface area contributed by atoms with Crippen molar-refractivity contribution in [3.05, 3.63) is 51.5 Å². The van der Waals surface area contributed by atoms with E-state index in [2.05, 4.69) is 10.3 Å². The van der Waals surface area contributed by atoms with Crippen LogP contribution in [0.4, 0.5) is 0 Å². The van der Waals surface area contributed by atoms with Crippen molar-refractivity contribution >= 4 is 23.2 Å². The average molecular weight is 344 g/mol. The van der Waals surface area contributed by atoms with E-state index in [4.69, 9.17) is 5.11 Å². The molecule has 2 N–H and O–H groups in total. The second-order valence-corrected chi connectivity index (χ2v) is 7.29. The molecule has 1 amide bonds. The van der Waals surface area contributed by atoms with Gasteiger partial charge in [-0.3, -0.25) is 9.59 Å². The minimum absolute atomic E-state index is 0.0577. The highest BCUT2D eigenvalue weighted by atomic mass is 32.1. The van der Waals surface area contributed by atoms with Crippen LogP contribution in [0.1, 0.15) is 45.2 Å². The molecule has 0 spiro atoms. The fourth-order valence-corrected chi connectivity index (χ4v) is 4.10. The summed E-state index contributed by atoms with van der Waals surface area (Å²) in [6.07, 6.45) is 2.57. The van der Waals surface area contributed by atoms with E-state index in [0.29, 0.717) is 24.1 Å². The number of hydrogen-bond acceptors (Lipinski definition) is 4. The summed E-state index contributed by atoms with van der Waals surface area (Å²) in [5.41, 5.74) is 1.90. The number of aliphatic carboxylic acids is 1. The lowest BCUT2D eigenvalue weighted by atomic mass is 10.1. The molecule has 1 aliphatic rings. The van der Waals surface area contributed by atoms with E-state index in [1.807, 2.05) is 37.3 Å². The Kier molecular flexibility index (Phi) is 4.94. The number of carboxylic acids is 1. The molecule has 1 aliphatic carbocycles. The molecule has 0 unspecified atom stereocenters. The number of rotatable bonds is 5. The van der Waals surface area contributed by atoms with Crippen molar-refractivity contribution in [3.8, 4) is 0 Å². The summed E-state index contributed by atoms with van der Waals surface area (Å²) < 4.78 is 0. The van der Waals surface area contributed by atoms with Gasteiger partial charge < -0.3 is 10.4 Å². The number of nitrogens with zero attached hydrogens (tertiary/aromatic N) is 1. The summed E-state index contributed by atoms with van der Waals surface area (Å²) in [6, 6.07) is 9.98. The van der Waals surface area contributed by atoms with Crippen molar-refractivity contribution in [2.75, 3.05) is 0 Å². The monoisotopic (exact) mass is 344 g/mol. The number of benzene rings is 1. The third kappa shape index (κ3) is 3.82. The summed E-state index contributed by atoms with van der Waals surface area (Å²) in [7, 11) is 0. The van der Waals surface area contributed by atoms with Gasteiger partial charge in [-0.05, 0) is 31.7 Å². The number of thiazole rings is 1. The average Bonchev–Trinajstić information content (AvgIpc) is 3.15. The minimum Gasteiger partial charge on any atom is -0.481 e. The molecule has 1 fully saturated rings. The van der Waals surface area contributed by atoms with E-state index < -0.39 is 5.97 Å². The van der Waals surface area contributed by atoms with E-state index in [-0.39, 0.29) is 17.9 Å². The molecular formula is C18H20N2O3S. The lowest BCUT2D eigenvalue weighted by molar-refractivity contribution is -0.141. The fraction of sp³-hybridized carbons (Fsp3) is 0.389. The van der Waals surface area contributed by atoms with E-state index in [1.54, 1.807) is 0 Å². The highest BCUT2D eigenvalue weighted by molar-refractivity contribution is 7.13. The maximum Gasteiger partial charge on any atom is 0.306 e. The second-order valence-electron chi connectivity index (χ2n) is 6.20. The molecule has 2 atom stereocenters. The Morgan fingerprint density at radius 1 is 1.29 bits per heavy atom. The molecule has 2 aromatic rings. The van der Waals surface area contributed by atoms with Crippen molar-refractivity contribution in [1.29, 1.82) is 0 Å². The van der Waals surface area contributed by atoms with Crippen LogP contribution in [-0.4, -0.2) is 28.0 Å². The molecule has 0 saturated heterocycles. The first-order valence-electron chi connectivity index (χ1n) is 8.07. The Labute approximate surface area is 144 Å². The zero-order chi connectivity index (χ0) is 17.1. The largest absolute Gasteiger partial charge is 0.481 e. The molecule has 1 heterocycles. The summed E-state index contributed by atoms with van der Waals surface area (Å²) in [6.45, 7) is 1.84. The number of aromatic nitrogens is 1. The Bertz CT molecular complexity index is 742. The van der Waals surface area contributed by atoms with Gasteiger partial charge in [-0.25, -0.2) is 4.98 Å². The third-order valence-corrected chi connectivity index (χ3v) is 5.52. The van der Waals surface area contributed by atoms with Crippen LogP contribution in [0.5, 0.6) is 0 Å². The molecule has 24 heavy (non-hydrogen) atoms. The van der Waals surface area contributed by atoms with Crippen LogP contribution < -0.4 is 5.32 Å². The highest BCUT2D eigenvalue weighted by Gasteiger charge is 2.31. The van der Waals surface area contributed by atoms with Crippen LogP contribution in [-0.2, 0) is 11.2 Å². The standard InChI is InChI=1S/C18H20N2O3S/c1-11-16(17(21)20-14-8-7-13(10-14)18(22)23)24-15(19-11)9-12-5-3-2-4-6-12/h2-6,13-14H,7-10H2,1H3,(H,20,21)(H,22,23)/t13-,14+/m1/s1. The lowest BCUT2D eigenvalue weighted by Crippen LogP contribution is -2.33. The summed E-state index contributed by atoms with van der Waals surface area (Å²) >= 11 is 1.41. The number of carboxylic acid groups (broad SMARTS) is 1. The van der Waals surface area contributed by atoms with Gasteiger partial charge in [0.25, 0.3) is 5.91 Å². The molecule has 0 radical (unpaired) electrons. The molecule has 0 aliphatic heterocycles. The van der Waals surface area contributed by atoms with Crippen LogP contribution in [0.25, 0.3) is 0 Å². The molecule has 3 rings (SSSR count). The minimum atomic E-state index is -0.772. The third-order valence-electron chi connectivity index (χ3n) is 4.36. The lowest BCUT2D eigenvalue weighted by Gasteiger charge is -2.11. The number of carbonyl (C=O) groups excluding carboxylic acids is 1. The number of nitrogens with one attached hydrogen (secondary N) is 1. The van der Waals surface area contributed by atoms with Gasteiger partial charge in [0.2, 0.25) is 0 Å². The van der Waals surface area contributed by atoms with Gasteiger partial charge in [0, 0.05) is 12.5 Å². The molecule has 1 aromatic heterocycles. The predicted octanol–water partition coefficient (Wildman–Crippen LogP) is 3.03.